The highest BCUT2D eigenvalue weighted by Crippen LogP contribution is 2.34. The van der Waals surface area contributed by atoms with E-state index in [0.717, 1.165) is 5.92 Å². The molecule has 1 amide bonds. The fourth-order valence-corrected chi connectivity index (χ4v) is 1.26. The van der Waals surface area contributed by atoms with E-state index in [1.165, 1.54) is 12.8 Å². The van der Waals surface area contributed by atoms with Gasteiger partial charge in [0.1, 0.15) is 0 Å². The third kappa shape index (κ3) is 0.920. The quantitative estimate of drug-likeness (QED) is 0.510. The molecule has 0 aromatic carbocycles. The summed E-state index contributed by atoms with van der Waals surface area (Å²) in [4.78, 5) is 10.6. The lowest BCUT2D eigenvalue weighted by Gasteiger charge is -2.02. The molecule has 1 saturated heterocycles. The fraction of sp³-hybridized carbons (Fsp3) is 0.833. The highest BCUT2D eigenvalue weighted by Gasteiger charge is 2.35. The first kappa shape index (κ1) is 5.23. The molecule has 50 valence electrons. The van der Waals surface area contributed by atoms with Gasteiger partial charge < -0.3 is 0 Å². The second kappa shape index (κ2) is 1.70. The number of rotatable bonds is 1. The Hall–Kier alpha value is -0.570. The summed E-state index contributed by atoms with van der Waals surface area (Å²) in [5.41, 5.74) is 5.57. The summed E-state index contributed by atoms with van der Waals surface area (Å²) >= 11 is 0. The van der Waals surface area contributed by atoms with Crippen LogP contribution < -0.4 is 10.9 Å². The molecule has 1 aliphatic carbocycles. The predicted molar refractivity (Wildman–Crippen MR) is 32.4 cm³/mol. The molecule has 3 nitrogen and oxygen atoms in total. The van der Waals surface area contributed by atoms with Crippen molar-refractivity contribution in [3.05, 3.63) is 0 Å². The lowest BCUT2D eigenvalue weighted by molar-refractivity contribution is -0.119. The lowest BCUT2D eigenvalue weighted by Crippen LogP contribution is -2.32. The van der Waals surface area contributed by atoms with E-state index in [0.29, 0.717) is 12.5 Å². The van der Waals surface area contributed by atoms with Gasteiger partial charge in [0, 0.05) is 12.5 Å². The molecule has 1 saturated carbocycles. The van der Waals surface area contributed by atoms with E-state index >= 15 is 0 Å². The van der Waals surface area contributed by atoms with E-state index in [1.54, 1.807) is 0 Å². The maximum absolute atomic E-state index is 10.6. The van der Waals surface area contributed by atoms with E-state index in [-0.39, 0.29) is 5.91 Å². The summed E-state index contributed by atoms with van der Waals surface area (Å²) in [5, 5.41) is 0. The van der Waals surface area contributed by atoms with Gasteiger partial charge in [-0.25, -0.2) is 5.43 Å². The standard InChI is InChI=1S/C6H10N2O/c9-6-3-5(7-8-6)4-1-2-4/h4-5,7H,1-3H2,(H,8,9). The average molecular weight is 126 g/mol. The first-order valence-corrected chi connectivity index (χ1v) is 3.40. The van der Waals surface area contributed by atoms with E-state index in [2.05, 4.69) is 10.9 Å². The Labute approximate surface area is 53.8 Å². The van der Waals surface area contributed by atoms with Crippen molar-refractivity contribution < 1.29 is 4.79 Å². The monoisotopic (exact) mass is 126 g/mol. The van der Waals surface area contributed by atoms with Crippen molar-refractivity contribution in [2.75, 3.05) is 0 Å². The van der Waals surface area contributed by atoms with Gasteiger partial charge in [0.25, 0.3) is 0 Å². The van der Waals surface area contributed by atoms with Crippen LogP contribution in [0.5, 0.6) is 0 Å². The molecule has 9 heavy (non-hydrogen) atoms. The van der Waals surface area contributed by atoms with Crippen molar-refractivity contribution >= 4 is 5.91 Å². The number of carbonyl (C=O) groups is 1. The van der Waals surface area contributed by atoms with Crippen LogP contribution in [0.2, 0.25) is 0 Å². The topological polar surface area (TPSA) is 41.1 Å². The minimum atomic E-state index is 0.145. The van der Waals surface area contributed by atoms with Crippen molar-refractivity contribution in [1.82, 2.24) is 10.9 Å². The summed E-state index contributed by atoms with van der Waals surface area (Å²) in [5.74, 6) is 0.927. The minimum Gasteiger partial charge on any atom is -0.291 e. The Morgan fingerprint density at radius 2 is 2.22 bits per heavy atom. The van der Waals surface area contributed by atoms with E-state index in [1.807, 2.05) is 0 Å². The number of carbonyl (C=O) groups excluding carboxylic acids is 1. The van der Waals surface area contributed by atoms with Crippen LogP contribution >= 0.6 is 0 Å². The first-order chi connectivity index (χ1) is 4.36. The van der Waals surface area contributed by atoms with Crippen LogP contribution in [0.3, 0.4) is 0 Å². The summed E-state index contributed by atoms with van der Waals surface area (Å²) < 4.78 is 0. The molecule has 0 bridgehead atoms. The molecule has 1 heterocycles. The van der Waals surface area contributed by atoms with Crippen molar-refractivity contribution in [1.29, 1.82) is 0 Å². The van der Waals surface area contributed by atoms with Crippen molar-refractivity contribution in [2.45, 2.75) is 25.3 Å². The normalized spacial score (nSPS) is 34.7. The van der Waals surface area contributed by atoms with Gasteiger partial charge in [0.05, 0.1) is 0 Å². The van der Waals surface area contributed by atoms with Gasteiger partial charge in [-0.15, -0.1) is 0 Å². The second-order valence-electron chi connectivity index (χ2n) is 2.84. The lowest BCUT2D eigenvalue weighted by atomic mass is 10.1. The minimum absolute atomic E-state index is 0.145. The molecule has 1 unspecified atom stereocenters. The van der Waals surface area contributed by atoms with Gasteiger partial charge in [0.2, 0.25) is 5.91 Å². The fourth-order valence-electron chi connectivity index (χ4n) is 1.26. The van der Waals surface area contributed by atoms with Gasteiger partial charge in [0.15, 0.2) is 0 Å². The highest BCUT2D eigenvalue weighted by atomic mass is 16.2. The predicted octanol–water partition coefficient (Wildman–Crippen LogP) is -0.211. The Kier molecular flexibility index (Phi) is 0.990. The molecule has 0 radical (unpaired) electrons. The summed E-state index contributed by atoms with van der Waals surface area (Å²) in [6, 6.07) is 0.442. The molecular formula is C6H10N2O. The second-order valence-corrected chi connectivity index (χ2v) is 2.84. The smallest absolute Gasteiger partial charge is 0.235 e. The molecule has 2 aliphatic rings. The zero-order chi connectivity index (χ0) is 6.27. The van der Waals surface area contributed by atoms with Gasteiger partial charge >= 0.3 is 0 Å². The van der Waals surface area contributed by atoms with Crippen molar-refractivity contribution in [2.24, 2.45) is 5.92 Å². The van der Waals surface area contributed by atoms with Crippen LogP contribution in [0.1, 0.15) is 19.3 Å². The molecule has 0 aromatic heterocycles. The van der Waals surface area contributed by atoms with Gasteiger partial charge in [-0.1, -0.05) is 0 Å². The SMILES string of the molecule is O=C1CC(C2CC2)NN1. The van der Waals surface area contributed by atoms with Crippen LogP contribution in [-0.2, 0) is 4.79 Å². The summed E-state index contributed by atoms with van der Waals surface area (Å²) in [6.07, 6.45) is 3.28. The number of hydrazine groups is 1. The van der Waals surface area contributed by atoms with Crippen LogP contribution in [0, 0.1) is 5.92 Å². The maximum Gasteiger partial charge on any atom is 0.235 e. The molecule has 2 rings (SSSR count). The third-order valence-corrected chi connectivity index (χ3v) is 1.99. The van der Waals surface area contributed by atoms with E-state index in [4.69, 9.17) is 0 Å². The number of hydrogen-bond acceptors (Lipinski definition) is 2. The van der Waals surface area contributed by atoms with Crippen molar-refractivity contribution in [3.63, 3.8) is 0 Å². The summed E-state index contributed by atoms with van der Waals surface area (Å²) in [7, 11) is 0. The van der Waals surface area contributed by atoms with Gasteiger partial charge in [-0.3, -0.25) is 10.2 Å². The highest BCUT2D eigenvalue weighted by molar-refractivity contribution is 5.78. The Bertz CT molecular complexity index is 142. The largest absolute Gasteiger partial charge is 0.291 e. The van der Waals surface area contributed by atoms with Crippen LogP contribution in [0.4, 0.5) is 0 Å². The van der Waals surface area contributed by atoms with Crippen LogP contribution in [0.15, 0.2) is 0 Å². The molecule has 1 aliphatic heterocycles. The van der Waals surface area contributed by atoms with Gasteiger partial charge in [-0.2, -0.15) is 0 Å². The molecule has 1 atom stereocenters. The Balaban J connectivity index is 1.92. The number of amides is 1. The van der Waals surface area contributed by atoms with Crippen LogP contribution in [-0.4, -0.2) is 11.9 Å². The summed E-state index contributed by atoms with van der Waals surface area (Å²) in [6.45, 7) is 0. The molecule has 3 heteroatoms. The molecular weight excluding hydrogens is 116 g/mol. The molecule has 0 aromatic rings. The number of nitrogens with one attached hydrogen (secondary N) is 2. The van der Waals surface area contributed by atoms with Crippen molar-refractivity contribution in [3.8, 4) is 0 Å². The Morgan fingerprint density at radius 1 is 1.44 bits per heavy atom. The van der Waals surface area contributed by atoms with Crippen LogP contribution in [0.25, 0.3) is 0 Å². The Morgan fingerprint density at radius 3 is 2.67 bits per heavy atom. The zero-order valence-corrected chi connectivity index (χ0v) is 5.18. The third-order valence-electron chi connectivity index (χ3n) is 1.99. The van der Waals surface area contributed by atoms with E-state index < -0.39 is 0 Å². The van der Waals surface area contributed by atoms with Gasteiger partial charge in [-0.05, 0) is 18.8 Å². The van der Waals surface area contributed by atoms with E-state index in [9.17, 15) is 4.79 Å². The first-order valence-electron chi connectivity index (χ1n) is 3.40. The average Bonchev–Trinajstić information content (AvgIpc) is 2.58. The number of hydrogen-bond donors (Lipinski definition) is 2. The molecule has 2 fully saturated rings. The zero-order valence-electron chi connectivity index (χ0n) is 5.18. The molecule has 2 N–H and O–H groups in total. The molecule has 0 spiro atoms. The maximum atomic E-state index is 10.6.